The molecule has 102 valence electrons. The second kappa shape index (κ2) is 5.79. The van der Waals surface area contributed by atoms with Gasteiger partial charge in [-0.1, -0.05) is 12.1 Å². The van der Waals surface area contributed by atoms with Crippen LogP contribution in [0.5, 0.6) is 5.75 Å². The minimum absolute atomic E-state index is 0.0581. The number of aromatic nitrogens is 2. The Morgan fingerprint density at radius 2 is 1.75 bits per heavy atom. The van der Waals surface area contributed by atoms with Crippen LogP contribution < -0.4 is 10.9 Å². The summed E-state index contributed by atoms with van der Waals surface area (Å²) in [5.74, 6) is -1.40. The van der Waals surface area contributed by atoms with E-state index >= 15 is 0 Å². The number of hydrogen-bond donors (Lipinski definition) is 3. The van der Waals surface area contributed by atoms with Gasteiger partial charge in [0.2, 0.25) is 0 Å². The highest BCUT2D eigenvalue weighted by atomic mass is 16.3. The SMILES string of the molecule is Cc1cnc(C(=O)NNC(=O)c2ccccc2O)cn1. The van der Waals surface area contributed by atoms with Gasteiger partial charge in [-0.3, -0.25) is 25.4 Å². The monoisotopic (exact) mass is 272 g/mol. The van der Waals surface area contributed by atoms with Crippen molar-refractivity contribution in [3.05, 3.63) is 53.6 Å². The van der Waals surface area contributed by atoms with E-state index < -0.39 is 11.8 Å². The Labute approximate surface area is 114 Å². The normalized spacial score (nSPS) is 9.85. The van der Waals surface area contributed by atoms with Crippen molar-refractivity contribution in [2.45, 2.75) is 6.92 Å². The van der Waals surface area contributed by atoms with Crippen LogP contribution in [0.15, 0.2) is 36.7 Å². The molecule has 2 rings (SSSR count). The van der Waals surface area contributed by atoms with E-state index in [4.69, 9.17) is 0 Å². The van der Waals surface area contributed by atoms with E-state index in [1.165, 1.54) is 24.5 Å². The van der Waals surface area contributed by atoms with Crippen LogP contribution in [0, 0.1) is 6.92 Å². The number of nitrogens with one attached hydrogen (secondary N) is 2. The van der Waals surface area contributed by atoms with E-state index in [0.29, 0.717) is 5.69 Å². The molecule has 0 saturated carbocycles. The summed E-state index contributed by atoms with van der Waals surface area (Å²) in [6.45, 7) is 1.74. The van der Waals surface area contributed by atoms with Gasteiger partial charge in [0, 0.05) is 6.20 Å². The molecule has 0 aliphatic carbocycles. The number of phenols is 1. The minimum Gasteiger partial charge on any atom is -0.507 e. The third kappa shape index (κ3) is 3.08. The molecule has 3 N–H and O–H groups in total. The van der Waals surface area contributed by atoms with Crippen LogP contribution in [0.3, 0.4) is 0 Å². The lowest BCUT2D eigenvalue weighted by molar-refractivity contribution is 0.0842. The number of aromatic hydroxyl groups is 1. The average Bonchev–Trinajstić information content (AvgIpc) is 2.45. The fraction of sp³-hybridized carbons (Fsp3) is 0.0769. The quantitative estimate of drug-likeness (QED) is 0.693. The molecule has 0 bridgehead atoms. The van der Waals surface area contributed by atoms with Gasteiger partial charge in [-0.15, -0.1) is 0 Å². The number of carbonyl (C=O) groups excluding carboxylic acids is 2. The molecule has 0 aliphatic heterocycles. The first kappa shape index (κ1) is 13.5. The summed E-state index contributed by atoms with van der Waals surface area (Å²) in [5, 5.41) is 9.50. The van der Waals surface area contributed by atoms with Crippen molar-refractivity contribution in [2.75, 3.05) is 0 Å². The van der Waals surface area contributed by atoms with Crippen molar-refractivity contribution >= 4 is 11.8 Å². The molecule has 7 heteroatoms. The standard InChI is InChI=1S/C13H12N4O3/c1-8-6-15-10(7-14-8)13(20)17-16-12(19)9-4-2-3-5-11(9)18/h2-7,18H,1H3,(H,16,19)(H,17,20). The van der Waals surface area contributed by atoms with Crippen molar-refractivity contribution in [1.82, 2.24) is 20.8 Å². The second-order valence-electron chi connectivity index (χ2n) is 3.97. The second-order valence-corrected chi connectivity index (χ2v) is 3.97. The van der Waals surface area contributed by atoms with Crippen LogP contribution in [-0.4, -0.2) is 26.9 Å². The maximum absolute atomic E-state index is 11.7. The van der Waals surface area contributed by atoms with Gasteiger partial charge in [-0.25, -0.2) is 4.98 Å². The molecule has 0 spiro atoms. The number of hydrogen-bond acceptors (Lipinski definition) is 5. The van der Waals surface area contributed by atoms with E-state index in [0.717, 1.165) is 0 Å². The smallest absolute Gasteiger partial charge is 0.289 e. The molecule has 1 heterocycles. The Morgan fingerprint density at radius 1 is 1.05 bits per heavy atom. The molecule has 0 aliphatic rings. The lowest BCUT2D eigenvalue weighted by Crippen LogP contribution is -2.42. The predicted octanol–water partition coefficient (Wildman–Crippen LogP) is 0.565. The van der Waals surface area contributed by atoms with Gasteiger partial charge in [-0.2, -0.15) is 0 Å². The maximum atomic E-state index is 11.7. The Morgan fingerprint density at radius 3 is 2.40 bits per heavy atom. The van der Waals surface area contributed by atoms with Gasteiger partial charge >= 0.3 is 0 Å². The summed E-state index contributed by atoms with van der Waals surface area (Å²) in [5.41, 5.74) is 5.19. The lowest BCUT2D eigenvalue weighted by Gasteiger charge is -2.07. The third-order valence-electron chi connectivity index (χ3n) is 2.45. The Kier molecular flexibility index (Phi) is 3.90. The molecule has 0 radical (unpaired) electrons. The van der Waals surface area contributed by atoms with Gasteiger partial charge in [0.05, 0.1) is 17.5 Å². The molecule has 0 atom stereocenters. The van der Waals surface area contributed by atoms with Crippen molar-refractivity contribution in [1.29, 1.82) is 0 Å². The first-order chi connectivity index (χ1) is 9.58. The average molecular weight is 272 g/mol. The number of nitrogens with zero attached hydrogens (tertiary/aromatic N) is 2. The van der Waals surface area contributed by atoms with E-state index in [2.05, 4.69) is 20.8 Å². The molecule has 0 fully saturated rings. The molecule has 0 saturated heterocycles. The topological polar surface area (TPSA) is 104 Å². The number of carbonyl (C=O) groups is 2. The zero-order valence-corrected chi connectivity index (χ0v) is 10.6. The Bertz CT molecular complexity index is 640. The third-order valence-corrected chi connectivity index (χ3v) is 2.45. The number of aryl methyl sites for hydroxylation is 1. The molecule has 0 unspecified atom stereocenters. The van der Waals surface area contributed by atoms with Crippen molar-refractivity contribution in [3.8, 4) is 5.75 Å². The molecule has 1 aromatic carbocycles. The van der Waals surface area contributed by atoms with Crippen LogP contribution in [-0.2, 0) is 0 Å². The molecule has 2 aromatic rings. The number of benzene rings is 1. The first-order valence-corrected chi connectivity index (χ1v) is 5.75. The molecule has 2 amide bonds. The number of phenolic OH excluding ortho intramolecular Hbond substituents is 1. The van der Waals surface area contributed by atoms with Crippen molar-refractivity contribution in [2.24, 2.45) is 0 Å². The van der Waals surface area contributed by atoms with Gasteiger partial charge in [0.15, 0.2) is 0 Å². The van der Waals surface area contributed by atoms with E-state index in [9.17, 15) is 14.7 Å². The molecular weight excluding hydrogens is 260 g/mol. The zero-order valence-electron chi connectivity index (χ0n) is 10.6. The number of amides is 2. The highest BCUT2D eigenvalue weighted by molar-refractivity contribution is 5.99. The minimum atomic E-state index is -0.628. The van der Waals surface area contributed by atoms with Crippen LogP contribution in [0.25, 0.3) is 0 Å². The fourth-order valence-corrected chi connectivity index (χ4v) is 1.42. The molecule has 7 nitrogen and oxygen atoms in total. The van der Waals surface area contributed by atoms with E-state index in [-0.39, 0.29) is 17.0 Å². The summed E-state index contributed by atoms with van der Waals surface area (Å²) in [6, 6.07) is 6.00. The van der Waals surface area contributed by atoms with Crippen LogP contribution in [0.2, 0.25) is 0 Å². The highest BCUT2D eigenvalue weighted by Crippen LogP contribution is 2.14. The number of rotatable bonds is 2. The van der Waals surface area contributed by atoms with Gasteiger partial charge in [-0.05, 0) is 19.1 Å². The van der Waals surface area contributed by atoms with Crippen molar-refractivity contribution in [3.63, 3.8) is 0 Å². The predicted molar refractivity (Wildman–Crippen MR) is 69.8 cm³/mol. The van der Waals surface area contributed by atoms with E-state index in [1.54, 1.807) is 19.1 Å². The maximum Gasteiger partial charge on any atom is 0.289 e. The number of para-hydroxylation sites is 1. The Balaban J connectivity index is 1.99. The summed E-state index contributed by atoms with van der Waals surface area (Å²) in [7, 11) is 0. The highest BCUT2D eigenvalue weighted by Gasteiger charge is 2.12. The van der Waals surface area contributed by atoms with E-state index in [1.807, 2.05) is 0 Å². The Hall–Kier alpha value is -2.96. The summed E-state index contributed by atoms with van der Waals surface area (Å²) in [4.78, 5) is 31.2. The zero-order chi connectivity index (χ0) is 14.5. The van der Waals surface area contributed by atoms with Gasteiger partial charge in [0.1, 0.15) is 11.4 Å². The summed E-state index contributed by atoms with van der Waals surface area (Å²) in [6.07, 6.45) is 2.75. The molecule has 1 aromatic heterocycles. The number of hydrazine groups is 1. The van der Waals surface area contributed by atoms with Crippen molar-refractivity contribution < 1.29 is 14.7 Å². The van der Waals surface area contributed by atoms with Crippen LogP contribution in [0.1, 0.15) is 26.5 Å². The van der Waals surface area contributed by atoms with Crippen LogP contribution in [0.4, 0.5) is 0 Å². The van der Waals surface area contributed by atoms with Gasteiger partial charge < -0.3 is 5.11 Å². The summed E-state index contributed by atoms with van der Waals surface area (Å²) < 4.78 is 0. The fourth-order valence-electron chi connectivity index (χ4n) is 1.42. The molecule has 20 heavy (non-hydrogen) atoms. The largest absolute Gasteiger partial charge is 0.507 e. The lowest BCUT2D eigenvalue weighted by atomic mass is 10.2. The molecular formula is C13H12N4O3. The van der Waals surface area contributed by atoms with Gasteiger partial charge in [0.25, 0.3) is 11.8 Å². The first-order valence-electron chi connectivity index (χ1n) is 5.75. The van der Waals surface area contributed by atoms with Crippen LogP contribution >= 0.6 is 0 Å². The summed E-state index contributed by atoms with van der Waals surface area (Å²) >= 11 is 0.